The van der Waals surface area contributed by atoms with Gasteiger partial charge in [-0.25, -0.2) is 9.59 Å². The highest BCUT2D eigenvalue weighted by Gasteiger charge is 2.40. The molecule has 4 saturated heterocycles. The van der Waals surface area contributed by atoms with Crippen molar-refractivity contribution in [3.8, 4) is 0 Å². The second-order valence-electron chi connectivity index (χ2n) is 16.3. The van der Waals surface area contributed by atoms with Crippen molar-refractivity contribution in [1.29, 1.82) is 0 Å². The van der Waals surface area contributed by atoms with Gasteiger partial charge in [-0.15, -0.1) is 0 Å². The van der Waals surface area contributed by atoms with Crippen LogP contribution in [0, 0.1) is 0 Å². The third-order valence-corrected chi connectivity index (χ3v) is 12.9. The maximum atomic E-state index is 14.2. The number of halogens is 4. The predicted molar refractivity (Wildman–Crippen MR) is 217 cm³/mol. The van der Waals surface area contributed by atoms with Crippen LogP contribution in [0.4, 0.5) is 34.1 Å². The summed E-state index contributed by atoms with van der Waals surface area (Å²) in [6.45, 7) is 6.58. The summed E-state index contributed by atoms with van der Waals surface area (Å²) >= 11 is 6.16. The number of alkyl halides is 3. The molecule has 7 rings (SSSR count). The fourth-order valence-electron chi connectivity index (χ4n) is 9.26. The Morgan fingerprint density at radius 1 is 0.917 bits per heavy atom. The Kier molecular flexibility index (Phi) is 14.3. The monoisotopic (exact) mass is 861 g/mol. The number of hydrogen-bond acceptors (Lipinski definition) is 10. The molecular formula is C42H55ClF3N7O7. The van der Waals surface area contributed by atoms with E-state index < -0.39 is 35.5 Å². The van der Waals surface area contributed by atoms with Gasteiger partial charge in [0.2, 0.25) is 0 Å². The minimum absolute atomic E-state index is 0.0362. The number of benzene rings is 2. The summed E-state index contributed by atoms with van der Waals surface area (Å²) in [4.78, 5) is 63.4. The molecule has 4 fully saturated rings. The molecule has 5 aliphatic heterocycles. The van der Waals surface area contributed by atoms with E-state index in [1.165, 1.54) is 11.0 Å². The van der Waals surface area contributed by atoms with Crippen molar-refractivity contribution < 1.29 is 46.6 Å². The van der Waals surface area contributed by atoms with E-state index in [-0.39, 0.29) is 60.2 Å². The number of carbonyl (C=O) groups excluding carboxylic acids is 4. The maximum Gasteiger partial charge on any atom is 0.418 e. The van der Waals surface area contributed by atoms with Gasteiger partial charge in [-0.3, -0.25) is 19.4 Å². The number of nitrogens with zero attached hydrogens (tertiary/aromatic N) is 5. The van der Waals surface area contributed by atoms with Crippen molar-refractivity contribution >= 4 is 47.0 Å². The van der Waals surface area contributed by atoms with E-state index >= 15 is 0 Å². The molecule has 0 aromatic heterocycles. The highest BCUT2D eigenvalue weighted by Crippen LogP contribution is 2.38. The van der Waals surface area contributed by atoms with Gasteiger partial charge in [0, 0.05) is 82.6 Å². The molecule has 18 heteroatoms. The van der Waals surface area contributed by atoms with E-state index in [4.69, 9.17) is 31.5 Å². The van der Waals surface area contributed by atoms with Crippen molar-refractivity contribution in [1.82, 2.24) is 24.5 Å². The van der Waals surface area contributed by atoms with Crippen LogP contribution in [0.3, 0.4) is 0 Å². The molecule has 328 valence electrons. The van der Waals surface area contributed by atoms with Crippen LogP contribution < -0.4 is 11.1 Å². The second-order valence-corrected chi connectivity index (χ2v) is 16.7. The molecule has 5 aliphatic rings. The number of piperidine rings is 2. The van der Waals surface area contributed by atoms with Gasteiger partial charge in [-0.05, 0) is 80.8 Å². The van der Waals surface area contributed by atoms with Crippen LogP contribution in [0.25, 0.3) is 0 Å². The van der Waals surface area contributed by atoms with E-state index in [1.807, 2.05) is 24.3 Å². The number of hydrogen-bond donors (Lipinski definition) is 2. The summed E-state index contributed by atoms with van der Waals surface area (Å²) < 4.78 is 58.7. The normalized spacial score (nSPS) is 21.9. The summed E-state index contributed by atoms with van der Waals surface area (Å²) in [7, 11) is 0. The number of rotatable bonds is 11. The van der Waals surface area contributed by atoms with Crippen LogP contribution in [0.15, 0.2) is 36.4 Å². The predicted octanol–water partition coefficient (Wildman–Crippen LogP) is 5.26. The minimum atomic E-state index is -4.80. The molecule has 0 unspecified atom stereocenters. The molecule has 2 aromatic rings. The summed E-state index contributed by atoms with van der Waals surface area (Å²) in [5.41, 5.74) is 5.82. The first-order valence-electron chi connectivity index (χ1n) is 21.1. The zero-order chi connectivity index (χ0) is 42.4. The minimum Gasteiger partial charge on any atom is -0.464 e. The highest BCUT2D eigenvalue weighted by atomic mass is 35.5. The quantitative estimate of drug-likeness (QED) is 0.226. The van der Waals surface area contributed by atoms with E-state index in [0.29, 0.717) is 84.5 Å². The molecule has 5 heterocycles. The fraction of sp³-hybridized carbons (Fsp3) is 0.619. The Bertz CT molecular complexity index is 1850. The largest absolute Gasteiger partial charge is 0.464 e. The molecule has 14 nitrogen and oxygen atoms in total. The zero-order valence-electron chi connectivity index (χ0n) is 33.8. The van der Waals surface area contributed by atoms with Crippen LogP contribution in [0.5, 0.6) is 0 Å². The average molecular weight is 862 g/mol. The number of nitrogens with two attached hydrogens (primary N) is 1. The molecule has 0 spiro atoms. The van der Waals surface area contributed by atoms with Crippen molar-refractivity contribution in [3.63, 3.8) is 0 Å². The van der Waals surface area contributed by atoms with E-state index in [1.54, 1.807) is 9.80 Å². The molecule has 0 aliphatic carbocycles. The van der Waals surface area contributed by atoms with Gasteiger partial charge in [0.1, 0.15) is 6.61 Å². The first-order valence-corrected chi connectivity index (χ1v) is 21.5. The molecule has 3 N–H and O–H groups in total. The van der Waals surface area contributed by atoms with Gasteiger partial charge in [0.15, 0.2) is 6.10 Å². The molecule has 0 bridgehead atoms. The Hall–Kier alpha value is -4.32. The van der Waals surface area contributed by atoms with Crippen LogP contribution in [0.2, 0.25) is 5.02 Å². The van der Waals surface area contributed by atoms with Crippen molar-refractivity contribution in [2.45, 2.75) is 88.2 Å². The molecule has 0 saturated carbocycles. The smallest absolute Gasteiger partial charge is 0.418 e. The number of ether oxygens (including phenoxy) is 3. The Morgan fingerprint density at radius 3 is 2.35 bits per heavy atom. The van der Waals surface area contributed by atoms with Gasteiger partial charge in [-0.2, -0.15) is 13.2 Å². The molecule has 60 heavy (non-hydrogen) atoms. The number of nitrogen functional groups attached to an aromatic ring is 1. The second kappa shape index (κ2) is 19.6. The molecule has 2 atom stereocenters. The molecule has 0 radical (unpaired) electrons. The summed E-state index contributed by atoms with van der Waals surface area (Å²) in [5, 5.41) is 2.67. The third-order valence-electron chi connectivity index (χ3n) is 12.6. The number of carbonyl (C=O) groups is 4. The lowest BCUT2D eigenvalue weighted by atomic mass is 9.99. The summed E-state index contributed by atoms with van der Waals surface area (Å²) in [6.07, 6.45) is -2.35. The van der Waals surface area contributed by atoms with Crippen LogP contribution >= 0.6 is 11.6 Å². The van der Waals surface area contributed by atoms with Gasteiger partial charge in [0.05, 0.1) is 35.9 Å². The number of amides is 4. The summed E-state index contributed by atoms with van der Waals surface area (Å²) in [5.74, 6) is -0.739. The lowest BCUT2D eigenvalue weighted by Gasteiger charge is -2.40. The average Bonchev–Trinajstić information content (AvgIpc) is 3.62. The molecule has 4 amide bonds. The number of anilines is 2. The van der Waals surface area contributed by atoms with E-state index in [2.05, 4.69) is 15.1 Å². The fourth-order valence-corrected chi connectivity index (χ4v) is 9.50. The van der Waals surface area contributed by atoms with Crippen LogP contribution in [-0.2, 0) is 42.8 Å². The first kappa shape index (κ1) is 43.8. The Labute approximate surface area is 353 Å². The Morgan fingerprint density at radius 2 is 1.62 bits per heavy atom. The number of urea groups is 1. The maximum absolute atomic E-state index is 14.2. The van der Waals surface area contributed by atoms with E-state index in [9.17, 15) is 32.3 Å². The molecular weight excluding hydrogens is 807 g/mol. The SMILES string of the molecule is Nc1c(Cl)cc(C[C@@H](OC(=O)N2CCC(N3CCc4ccccc4NC3=O)CC2)C(=O)N2CCC(N3CCC[C@@H]3CC(=O)OCCN3CCOCC3)CC2)cc1C(F)(F)F. The lowest BCUT2D eigenvalue weighted by Crippen LogP contribution is -2.53. The van der Waals surface area contributed by atoms with Crippen molar-refractivity contribution in [2.75, 3.05) is 89.8 Å². The van der Waals surface area contributed by atoms with Gasteiger partial charge >= 0.3 is 24.3 Å². The lowest BCUT2D eigenvalue weighted by molar-refractivity contribution is -0.146. The van der Waals surface area contributed by atoms with Gasteiger partial charge < -0.3 is 40.0 Å². The first-order chi connectivity index (χ1) is 28.8. The van der Waals surface area contributed by atoms with Gasteiger partial charge in [-0.1, -0.05) is 29.8 Å². The Balaban J connectivity index is 0.964. The highest BCUT2D eigenvalue weighted by molar-refractivity contribution is 6.33. The summed E-state index contributed by atoms with van der Waals surface area (Å²) in [6, 6.07) is 9.61. The van der Waals surface area contributed by atoms with Crippen molar-refractivity contribution in [2.24, 2.45) is 0 Å². The standard InChI is InChI=1S/C42H55ClF3N7O7/c43-34-25-28(24-33(38(34)47)42(44,45)46)26-36(60-41(57)51-15-10-31(11-16-51)53-17-7-29-4-1-2-6-35(29)48-40(53)56)39(55)50-13-8-30(9-14-50)52-12-3-5-32(52)27-37(54)59-23-20-49-18-21-58-22-19-49/h1-2,4,6,24-25,30-32,36H,3,5,7-23,26-27,47H2,(H,48,56)/t32-,36-/m1/s1. The topological polar surface area (TPSA) is 150 Å². The van der Waals surface area contributed by atoms with Crippen LogP contribution in [0.1, 0.15) is 61.6 Å². The zero-order valence-corrected chi connectivity index (χ0v) is 34.6. The van der Waals surface area contributed by atoms with Crippen molar-refractivity contribution in [3.05, 3.63) is 58.1 Å². The number of morpholine rings is 1. The number of fused-ring (bicyclic) bond motifs is 1. The van der Waals surface area contributed by atoms with Gasteiger partial charge in [0.25, 0.3) is 5.91 Å². The third kappa shape index (κ3) is 10.8. The van der Waals surface area contributed by atoms with Crippen LogP contribution in [-0.4, -0.2) is 151 Å². The number of esters is 1. The number of likely N-dealkylation sites (tertiary alicyclic amines) is 3. The number of para-hydroxylation sites is 1. The van der Waals surface area contributed by atoms with E-state index in [0.717, 1.165) is 49.8 Å². The molecule has 2 aromatic carbocycles. The number of nitrogens with one attached hydrogen (secondary N) is 1.